The van der Waals surface area contributed by atoms with Crippen LogP contribution in [0.2, 0.25) is 0 Å². The van der Waals surface area contributed by atoms with Crippen LogP contribution in [0, 0.1) is 0 Å². The molecule has 0 spiro atoms. The highest BCUT2D eigenvalue weighted by atomic mass is 79.9. The van der Waals surface area contributed by atoms with Crippen molar-refractivity contribution in [1.29, 1.82) is 0 Å². The summed E-state index contributed by atoms with van der Waals surface area (Å²) in [6, 6.07) is 5.60. The molecule has 8 nitrogen and oxygen atoms in total. The standard InChI is InChI=1S/C17H21BrN4O4/c1-16(2,3)20-14(25)19-12(23)9-22-13(24)17(4,21-15(22)26)10-6-5-7-11(18)8-10/h5-8H,9H2,1-4H3,(H,21,26)(H2,19,20,23,25). The lowest BCUT2D eigenvalue weighted by Gasteiger charge is -2.22. The van der Waals surface area contributed by atoms with Gasteiger partial charge >= 0.3 is 12.1 Å². The summed E-state index contributed by atoms with van der Waals surface area (Å²) in [7, 11) is 0. The van der Waals surface area contributed by atoms with Crippen LogP contribution in [0.3, 0.4) is 0 Å². The number of benzene rings is 1. The highest BCUT2D eigenvalue weighted by Gasteiger charge is 2.49. The van der Waals surface area contributed by atoms with Gasteiger partial charge in [0.1, 0.15) is 12.1 Å². The Balaban J connectivity index is 2.09. The third-order valence-electron chi connectivity index (χ3n) is 3.72. The number of rotatable bonds is 3. The van der Waals surface area contributed by atoms with Gasteiger partial charge in [0, 0.05) is 10.0 Å². The summed E-state index contributed by atoms with van der Waals surface area (Å²) < 4.78 is 0.758. The van der Waals surface area contributed by atoms with Crippen molar-refractivity contribution in [3.8, 4) is 0 Å². The van der Waals surface area contributed by atoms with E-state index >= 15 is 0 Å². The largest absolute Gasteiger partial charge is 0.333 e. The highest BCUT2D eigenvalue weighted by Crippen LogP contribution is 2.30. The van der Waals surface area contributed by atoms with Crippen LogP contribution in [0.25, 0.3) is 0 Å². The fourth-order valence-electron chi connectivity index (χ4n) is 2.52. The van der Waals surface area contributed by atoms with Gasteiger partial charge < -0.3 is 10.6 Å². The molecular weight excluding hydrogens is 404 g/mol. The number of hydrogen-bond donors (Lipinski definition) is 3. The van der Waals surface area contributed by atoms with Gasteiger partial charge in [0.25, 0.3) is 5.91 Å². The van der Waals surface area contributed by atoms with E-state index in [9.17, 15) is 19.2 Å². The summed E-state index contributed by atoms with van der Waals surface area (Å²) in [5, 5.41) is 7.28. The van der Waals surface area contributed by atoms with Crippen molar-refractivity contribution in [2.45, 2.75) is 38.8 Å². The van der Waals surface area contributed by atoms with Crippen molar-refractivity contribution in [2.24, 2.45) is 0 Å². The van der Waals surface area contributed by atoms with Crippen LogP contribution < -0.4 is 16.0 Å². The van der Waals surface area contributed by atoms with E-state index in [0.29, 0.717) is 5.56 Å². The molecule has 0 aliphatic carbocycles. The number of imide groups is 2. The fraction of sp³-hybridized carbons (Fsp3) is 0.412. The Morgan fingerprint density at radius 2 is 1.92 bits per heavy atom. The molecular formula is C17H21BrN4O4. The lowest BCUT2D eigenvalue weighted by atomic mass is 9.92. The topological polar surface area (TPSA) is 108 Å². The zero-order chi connectivity index (χ0) is 19.7. The van der Waals surface area contributed by atoms with Crippen molar-refractivity contribution >= 4 is 39.8 Å². The number of nitrogens with zero attached hydrogens (tertiary/aromatic N) is 1. The van der Waals surface area contributed by atoms with Crippen molar-refractivity contribution in [2.75, 3.05) is 6.54 Å². The zero-order valence-electron chi connectivity index (χ0n) is 15.0. The molecule has 140 valence electrons. The molecule has 2 rings (SSSR count). The second kappa shape index (κ2) is 7.06. The van der Waals surface area contributed by atoms with E-state index in [1.807, 2.05) is 0 Å². The predicted molar refractivity (Wildman–Crippen MR) is 98.2 cm³/mol. The second-order valence-corrected chi connectivity index (χ2v) is 8.12. The number of hydrogen-bond acceptors (Lipinski definition) is 4. The molecule has 9 heteroatoms. The molecule has 3 N–H and O–H groups in total. The van der Waals surface area contributed by atoms with Gasteiger partial charge in [0.15, 0.2) is 0 Å². The first-order chi connectivity index (χ1) is 11.9. The van der Waals surface area contributed by atoms with Crippen molar-refractivity contribution in [3.05, 3.63) is 34.3 Å². The monoisotopic (exact) mass is 424 g/mol. The van der Waals surface area contributed by atoms with Crippen molar-refractivity contribution in [1.82, 2.24) is 20.9 Å². The predicted octanol–water partition coefficient (Wildman–Crippen LogP) is 1.84. The summed E-state index contributed by atoms with van der Waals surface area (Å²) in [5.74, 6) is -1.32. The van der Waals surface area contributed by atoms with Gasteiger partial charge in [-0.05, 0) is 45.4 Å². The van der Waals surface area contributed by atoms with E-state index in [1.165, 1.54) is 0 Å². The average molecular weight is 425 g/mol. The number of carbonyl (C=O) groups is 4. The number of nitrogens with one attached hydrogen (secondary N) is 3. The summed E-state index contributed by atoms with van der Waals surface area (Å²) in [6.07, 6.45) is 0. The Morgan fingerprint density at radius 1 is 1.27 bits per heavy atom. The van der Waals surface area contributed by atoms with Crippen molar-refractivity contribution < 1.29 is 19.2 Å². The van der Waals surface area contributed by atoms with Gasteiger partial charge in [0.2, 0.25) is 5.91 Å². The van der Waals surface area contributed by atoms with E-state index < -0.39 is 41.5 Å². The Labute approximate surface area is 159 Å². The molecule has 1 heterocycles. The maximum absolute atomic E-state index is 12.7. The third kappa shape index (κ3) is 4.40. The van der Waals surface area contributed by atoms with E-state index in [2.05, 4.69) is 31.9 Å². The molecule has 0 saturated carbocycles. The first-order valence-electron chi connectivity index (χ1n) is 7.94. The maximum Gasteiger partial charge on any atom is 0.325 e. The fourth-order valence-corrected chi connectivity index (χ4v) is 2.92. The third-order valence-corrected chi connectivity index (χ3v) is 4.21. The van der Waals surface area contributed by atoms with E-state index in [4.69, 9.17) is 0 Å². The molecule has 6 amide bonds. The SMILES string of the molecule is CC(C)(C)NC(=O)NC(=O)CN1C(=O)NC(C)(c2cccc(Br)c2)C1=O. The number of halogens is 1. The Morgan fingerprint density at radius 3 is 2.50 bits per heavy atom. The highest BCUT2D eigenvalue weighted by molar-refractivity contribution is 9.10. The van der Waals surface area contributed by atoms with Crippen LogP contribution in [0.5, 0.6) is 0 Å². The molecule has 1 saturated heterocycles. The Kier molecular flexibility index (Phi) is 5.41. The van der Waals surface area contributed by atoms with E-state index in [-0.39, 0.29) is 0 Å². The molecule has 26 heavy (non-hydrogen) atoms. The molecule has 1 aliphatic rings. The van der Waals surface area contributed by atoms with Crippen LogP contribution >= 0.6 is 15.9 Å². The quantitative estimate of drug-likeness (QED) is 0.643. The molecule has 1 atom stereocenters. The van der Waals surface area contributed by atoms with Crippen LogP contribution in [0.1, 0.15) is 33.3 Å². The van der Waals surface area contributed by atoms with Gasteiger partial charge in [0.05, 0.1) is 0 Å². The van der Waals surface area contributed by atoms with E-state index in [1.54, 1.807) is 52.0 Å². The minimum absolute atomic E-state index is 0.523. The first-order valence-corrected chi connectivity index (χ1v) is 8.74. The molecule has 0 aromatic heterocycles. The average Bonchev–Trinajstić information content (AvgIpc) is 2.69. The van der Waals surface area contributed by atoms with Gasteiger partial charge in [-0.3, -0.25) is 19.8 Å². The number of urea groups is 2. The number of carbonyl (C=O) groups excluding carboxylic acids is 4. The number of amides is 6. The van der Waals surface area contributed by atoms with Gasteiger partial charge in [-0.1, -0.05) is 28.1 Å². The molecule has 1 aromatic rings. The van der Waals surface area contributed by atoms with Crippen LogP contribution in [-0.2, 0) is 15.1 Å². The van der Waals surface area contributed by atoms with Gasteiger partial charge in [-0.25, -0.2) is 9.59 Å². The summed E-state index contributed by atoms with van der Waals surface area (Å²) in [6.45, 7) is 6.30. The van der Waals surface area contributed by atoms with E-state index in [0.717, 1.165) is 9.37 Å². The van der Waals surface area contributed by atoms with Gasteiger partial charge in [-0.2, -0.15) is 0 Å². The minimum atomic E-state index is -1.28. The molecule has 1 aliphatic heterocycles. The van der Waals surface area contributed by atoms with Crippen LogP contribution in [-0.4, -0.2) is 40.9 Å². The Bertz CT molecular complexity index is 774. The van der Waals surface area contributed by atoms with Crippen LogP contribution in [0.4, 0.5) is 9.59 Å². The molecule has 0 bridgehead atoms. The first kappa shape index (κ1) is 19.9. The minimum Gasteiger partial charge on any atom is -0.333 e. The second-order valence-electron chi connectivity index (χ2n) is 7.21. The maximum atomic E-state index is 12.7. The normalized spacial score (nSPS) is 20.0. The van der Waals surface area contributed by atoms with Gasteiger partial charge in [-0.15, -0.1) is 0 Å². The molecule has 0 radical (unpaired) electrons. The Hall–Kier alpha value is -2.42. The summed E-state index contributed by atoms with van der Waals surface area (Å²) in [5.41, 5.74) is -1.22. The molecule has 1 aromatic carbocycles. The summed E-state index contributed by atoms with van der Waals surface area (Å²) >= 11 is 3.33. The van der Waals surface area contributed by atoms with Crippen molar-refractivity contribution in [3.63, 3.8) is 0 Å². The molecule has 1 fully saturated rings. The van der Waals surface area contributed by atoms with Crippen LogP contribution in [0.15, 0.2) is 28.7 Å². The molecule has 1 unspecified atom stereocenters. The zero-order valence-corrected chi connectivity index (χ0v) is 16.6. The lowest BCUT2D eigenvalue weighted by molar-refractivity contribution is -0.134. The smallest absolute Gasteiger partial charge is 0.325 e. The lowest BCUT2D eigenvalue weighted by Crippen LogP contribution is -2.51. The summed E-state index contributed by atoms with van der Waals surface area (Å²) in [4.78, 5) is 49.5.